The molecule has 0 radical (unpaired) electrons. The van der Waals surface area contributed by atoms with Gasteiger partial charge in [0.05, 0.1) is 13.0 Å². The summed E-state index contributed by atoms with van der Waals surface area (Å²) in [5.74, 6) is 2.02. The number of carbonyl (C=O) groups is 1. The zero-order valence-corrected chi connectivity index (χ0v) is 21.1. The molecular weight excluding hydrogens is 466 g/mol. The van der Waals surface area contributed by atoms with Gasteiger partial charge in [0.2, 0.25) is 5.91 Å². The Morgan fingerprint density at radius 3 is 2.08 bits per heavy atom. The van der Waals surface area contributed by atoms with Crippen LogP contribution in [0.25, 0.3) is 0 Å². The monoisotopic (exact) mass is 495 g/mol. The van der Waals surface area contributed by atoms with E-state index in [-0.39, 0.29) is 17.2 Å². The number of amides is 1. The zero-order valence-electron chi connectivity index (χ0n) is 20.2. The third-order valence-corrected chi connectivity index (χ3v) is 7.66. The van der Waals surface area contributed by atoms with Crippen molar-refractivity contribution in [2.45, 2.75) is 17.9 Å². The molecule has 1 atom stereocenters. The molecule has 0 spiro atoms. The van der Waals surface area contributed by atoms with Crippen molar-refractivity contribution in [3.05, 3.63) is 131 Å². The number of carbonyl (C=O) groups excluding carboxylic acids is 1. The quantitative estimate of drug-likeness (QED) is 0.273. The summed E-state index contributed by atoms with van der Waals surface area (Å²) in [6.45, 7) is 1.15. The Labute approximate surface area is 216 Å². The van der Waals surface area contributed by atoms with E-state index in [2.05, 4.69) is 0 Å². The molecule has 5 rings (SSSR count). The number of methoxy groups -OCH3 is 1. The van der Waals surface area contributed by atoms with E-state index in [1.807, 2.05) is 114 Å². The molecule has 1 heterocycles. The maximum absolute atomic E-state index is 14.1. The normalized spacial score (nSPS) is 15.2. The third-order valence-electron chi connectivity index (χ3n) is 6.40. The molecule has 36 heavy (non-hydrogen) atoms. The number of nitrogens with zero attached hydrogens (tertiary/aromatic N) is 1. The van der Waals surface area contributed by atoms with Crippen LogP contribution in [0.1, 0.15) is 33.5 Å². The lowest BCUT2D eigenvalue weighted by atomic mass is 9.90. The molecule has 0 aliphatic carbocycles. The van der Waals surface area contributed by atoms with Gasteiger partial charge in [0.25, 0.3) is 0 Å². The average molecular weight is 496 g/mol. The summed E-state index contributed by atoms with van der Waals surface area (Å²) in [7, 11) is 1.65. The summed E-state index contributed by atoms with van der Waals surface area (Å²) in [4.78, 5) is 16.1. The Morgan fingerprint density at radius 1 is 0.861 bits per heavy atom. The van der Waals surface area contributed by atoms with Crippen LogP contribution in [0.3, 0.4) is 0 Å². The molecule has 0 saturated carbocycles. The fourth-order valence-electron chi connectivity index (χ4n) is 4.60. The van der Waals surface area contributed by atoms with E-state index in [4.69, 9.17) is 9.47 Å². The van der Waals surface area contributed by atoms with Gasteiger partial charge in [-0.25, -0.2) is 0 Å². The molecule has 1 aliphatic rings. The van der Waals surface area contributed by atoms with Crippen LogP contribution in [0, 0.1) is 0 Å². The lowest BCUT2D eigenvalue weighted by Gasteiger charge is -2.29. The Hall–Kier alpha value is -3.70. The molecule has 0 N–H and O–H groups in total. The van der Waals surface area contributed by atoms with Crippen LogP contribution in [0.5, 0.6) is 11.5 Å². The van der Waals surface area contributed by atoms with Crippen LogP contribution >= 0.6 is 11.8 Å². The highest BCUT2D eigenvalue weighted by atomic mass is 32.2. The molecule has 0 bridgehead atoms. The van der Waals surface area contributed by atoms with Gasteiger partial charge in [0.1, 0.15) is 12.0 Å². The highest BCUT2D eigenvalue weighted by Crippen LogP contribution is 2.43. The molecule has 1 fully saturated rings. The van der Waals surface area contributed by atoms with Crippen LogP contribution in [-0.2, 0) is 11.4 Å². The number of rotatable bonds is 8. The second-order valence-electron chi connectivity index (χ2n) is 8.69. The van der Waals surface area contributed by atoms with E-state index < -0.39 is 0 Å². The summed E-state index contributed by atoms with van der Waals surface area (Å²) >= 11 is 1.79. The minimum atomic E-state index is -0.347. The van der Waals surface area contributed by atoms with Gasteiger partial charge in [-0.1, -0.05) is 97.1 Å². The number of hydrogen-bond acceptors (Lipinski definition) is 4. The first-order valence-corrected chi connectivity index (χ1v) is 13.2. The van der Waals surface area contributed by atoms with Crippen molar-refractivity contribution in [2.24, 2.45) is 0 Å². The predicted molar refractivity (Wildman–Crippen MR) is 145 cm³/mol. The molecule has 1 amide bonds. The van der Waals surface area contributed by atoms with Crippen LogP contribution in [0.2, 0.25) is 0 Å². The number of hydrogen-bond donors (Lipinski definition) is 0. The van der Waals surface area contributed by atoms with Crippen LogP contribution in [0.15, 0.2) is 109 Å². The van der Waals surface area contributed by atoms with E-state index in [0.29, 0.717) is 24.7 Å². The first kappa shape index (κ1) is 24.0. The maximum Gasteiger partial charge on any atom is 0.235 e. The van der Waals surface area contributed by atoms with Gasteiger partial charge < -0.3 is 14.4 Å². The molecule has 1 saturated heterocycles. The topological polar surface area (TPSA) is 38.8 Å². The molecule has 4 aromatic carbocycles. The van der Waals surface area contributed by atoms with Crippen molar-refractivity contribution in [2.75, 3.05) is 19.4 Å². The van der Waals surface area contributed by atoms with Crippen molar-refractivity contribution in [1.82, 2.24) is 4.90 Å². The lowest BCUT2D eigenvalue weighted by Crippen LogP contribution is -2.35. The van der Waals surface area contributed by atoms with Crippen LogP contribution in [0.4, 0.5) is 0 Å². The summed E-state index contributed by atoms with van der Waals surface area (Å²) in [5, 5.41) is -0.0857. The molecule has 5 heteroatoms. The molecule has 1 unspecified atom stereocenters. The average Bonchev–Trinajstić information content (AvgIpc) is 3.44. The Kier molecular flexibility index (Phi) is 7.58. The van der Waals surface area contributed by atoms with Crippen molar-refractivity contribution in [3.8, 4) is 11.5 Å². The van der Waals surface area contributed by atoms with Gasteiger partial charge >= 0.3 is 0 Å². The van der Waals surface area contributed by atoms with Crippen LogP contribution in [-0.4, -0.2) is 30.2 Å². The van der Waals surface area contributed by atoms with Gasteiger partial charge in [-0.15, -0.1) is 11.8 Å². The van der Waals surface area contributed by atoms with E-state index >= 15 is 0 Å². The van der Waals surface area contributed by atoms with Crippen LogP contribution < -0.4 is 9.47 Å². The Bertz CT molecular complexity index is 1240. The number of thioether (sulfide) groups is 1. The number of ether oxygens (including phenoxy) is 2. The van der Waals surface area contributed by atoms with Gasteiger partial charge in [0, 0.05) is 12.3 Å². The zero-order chi connectivity index (χ0) is 24.7. The Balaban J connectivity index is 1.43. The van der Waals surface area contributed by atoms with Crippen molar-refractivity contribution in [1.29, 1.82) is 0 Å². The van der Waals surface area contributed by atoms with E-state index in [0.717, 1.165) is 28.0 Å². The smallest absolute Gasteiger partial charge is 0.235 e. The third kappa shape index (κ3) is 5.26. The molecule has 4 aromatic rings. The summed E-state index contributed by atoms with van der Waals surface area (Å²) in [5.41, 5.74) is 4.14. The van der Waals surface area contributed by atoms with Gasteiger partial charge in [-0.3, -0.25) is 4.79 Å². The van der Waals surface area contributed by atoms with Gasteiger partial charge in [-0.2, -0.15) is 0 Å². The van der Waals surface area contributed by atoms with Gasteiger partial charge in [0.15, 0.2) is 11.5 Å². The summed E-state index contributed by atoms with van der Waals surface area (Å²) in [6.07, 6.45) is 0. The van der Waals surface area contributed by atoms with Crippen molar-refractivity contribution >= 4 is 17.7 Å². The van der Waals surface area contributed by atoms with Crippen molar-refractivity contribution in [3.63, 3.8) is 0 Å². The van der Waals surface area contributed by atoms with Gasteiger partial charge in [-0.05, 0) is 34.4 Å². The summed E-state index contributed by atoms with van der Waals surface area (Å²) < 4.78 is 11.7. The molecule has 182 valence electrons. The fraction of sp³-hybridized carbons (Fsp3) is 0.194. The highest BCUT2D eigenvalue weighted by Gasteiger charge is 2.36. The fourth-order valence-corrected chi connectivity index (χ4v) is 5.85. The Morgan fingerprint density at radius 2 is 1.47 bits per heavy atom. The number of benzene rings is 4. The lowest BCUT2D eigenvalue weighted by molar-refractivity contribution is -0.132. The first-order chi connectivity index (χ1) is 17.7. The SMILES string of the molecule is COc1ccc(C2SCCN2C(=O)C(c2ccccc2)c2ccccc2)cc1OCc1ccccc1. The molecule has 1 aliphatic heterocycles. The first-order valence-electron chi connectivity index (χ1n) is 12.1. The highest BCUT2D eigenvalue weighted by molar-refractivity contribution is 7.99. The second-order valence-corrected chi connectivity index (χ2v) is 9.88. The van der Waals surface area contributed by atoms with E-state index in [1.165, 1.54) is 0 Å². The molecular formula is C31H29NO3S. The van der Waals surface area contributed by atoms with Crippen molar-refractivity contribution < 1.29 is 14.3 Å². The van der Waals surface area contributed by atoms with E-state index in [9.17, 15) is 4.79 Å². The predicted octanol–water partition coefficient (Wildman–Crippen LogP) is 6.68. The second kappa shape index (κ2) is 11.4. The standard InChI is InChI=1S/C31H29NO3S/c1-34-27-18-17-26(21-28(27)35-22-23-11-5-2-6-12-23)31-32(19-20-36-31)30(33)29(24-13-7-3-8-14-24)25-15-9-4-10-16-25/h2-18,21,29,31H,19-20,22H2,1H3. The largest absolute Gasteiger partial charge is 0.493 e. The summed E-state index contributed by atoms with van der Waals surface area (Å²) in [6, 6.07) is 36.2. The molecule has 0 aromatic heterocycles. The molecule has 4 nitrogen and oxygen atoms in total. The minimum Gasteiger partial charge on any atom is -0.493 e. The minimum absolute atomic E-state index is 0.0857. The maximum atomic E-state index is 14.1. The van der Waals surface area contributed by atoms with E-state index in [1.54, 1.807) is 18.9 Å².